The van der Waals surface area contributed by atoms with Crippen LogP contribution in [0.25, 0.3) is 11.3 Å². The number of carboxylic acid groups (broad SMARTS) is 1. The predicted octanol–water partition coefficient (Wildman–Crippen LogP) is 1.34. The molecule has 1 aromatic heterocycles. The van der Waals surface area contributed by atoms with Crippen LogP contribution in [0.4, 0.5) is 4.39 Å². The highest BCUT2D eigenvalue weighted by molar-refractivity contribution is 5.74. The number of aliphatic hydroxyl groups excluding tert-OH is 1. The third kappa shape index (κ3) is 2.23. The van der Waals surface area contributed by atoms with Crippen molar-refractivity contribution in [3.8, 4) is 11.3 Å². The number of rotatable bonds is 3. The Kier molecular flexibility index (Phi) is 3.12. The van der Waals surface area contributed by atoms with Gasteiger partial charge < -0.3 is 10.2 Å². The number of benzene rings is 1. The molecule has 1 atom stereocenters. The molecule has 2 aromatic rings. The fraction of sp³-hybridized carbons (Fsp3) is 0.167. The second-order valence-corrected chi connectivity index (χ2v) is 3.83. The molecule has 2 rings (SSSR count). The van der Waals surface area contributed by atoms with Crippen LogP contribution in [0.2, 0.25) is 0 Å². The van der Waals surface area contributed by atoms with E-state index in [2.05, 4.69) is 5.10 Å². The van der Waals surface area contributed by atoms with Crippen molar-refractivity contribution < 1.29 is 19.4 Å². The molecule has 5 nitrogen and oxygen atoms in total. The summed E-state index contributed by atoms with van der Waals surface area (Å²) in [6.45, 7) is 0. The van der Waals surface area contributed by atoms with Crippen LogP contribution >= 0.6 is 0 Å². The van der Waals surface area contributed by atoms with E-state index < -0.39 is 12.1 Å². The van der Waals surface area contributed by atoms with Crippen LogP contribution in [-0.2, 0) is 11.8 Å². The molecule has 0 radical (unpaired) electrons. The Balaban J connectivity index is 2.40. The fourth-order valence-electron chi connectivity index (χ4n) is 1.64. The normalized spacial score (nSPS) is 12.4. The number of carboxylic acids is 1. The Morgan fingerprint density at radius 3 is 2.56 bits per heavy atom. The highest BCUT2D eigenvalue weighted by atomic mass is 19.1. The Morgan fingerprint density at radius 2 is 2.00 bits per heavy atom. The second-order valence-electron chi connectivity index (χ2n) is 3.83. The van der Waals surface area contributed by atoms with Crippen molar-refractivity contribution in [2.75, 3.05) is 0 Å². The molecule has 0 aliphatic rings. The number of aryl methyl sites for hydroxylation is 1. The summed E-state index contributed by atoms with van der Waals surface area (Å²) in [7, 11) is 1.62. The summed E-state index contributed by atoms with van der Waals surface area (Å²) < 4.78 is 14.2. The zero-order valence-electron chi connectivity index (χ0n) is 9.54. The molecule has 1 aromatic carbocycles. The molecule has 0 saturated carbocycles. The molecule has 0 spiro atoms. The first kappa shape index (κ1) is 12.3. The Morgan fingerprint density at radius 1 is 1.39 bits per heavy atom. The lowest BCUT2D eigenvalue weighted by Gasteiger charge is -2.00. The summed E-state index contributed by atoms with van der Waals surface area (Å²) in [5.74, 6) is -1.72. The number of nitrogens with zero attached hydrogens (tertiary/aromatic N) is 2. The standard InChI is InChI=1S/C12H11FN2O3/c1-15-10(7-2-4-8(13)5-3-7)6-9(14-15)11(16)12(17)18/h2-6,11,16H,1H3,(H,17,18). The first-order chi connectivity index (χ1) is 8.49. The van der Waals surface area contributed by atoms with Crippen molar-refractivity contribution in [2.24, 2.45) is 7.05 Å². The maximum Gasteiger partial charge on any atom is 0.338 e. The number of hydrogen-bond donors (Lipinski definition) is 2. The van der Waals surface area contributed by atoms with Crippen LogP contribution in [0, 0.1) is 5.82 Å². The highest BCUT2D eigenvalue weighted by Gasteiger charge is 2.20. The fourth-order valence-corrected chi connectivity index (χ4v) is 1.64. The van der Waals surface area contributed by atoms with Crippen LogP contribution in [-0.4, -0.2) is 26.0 Å². The van der Waals surface area contributed by atoms with Gasteiger partial charge in [-0.1, -0.05) is 0 Å². The molecule has 0 amide bonds. The molecular weight excluding hydrogens is 239 g/mol. The highest BCUT2D eigenvalue weighted by Crippen LogP contribution is 2.23. The van der Waals surface area contributed by atoms with Gasteiger partial charge in [0.2, 0.25) is 0 Å². The smallest absolute Gasteiger partial charge is 0.338 e. The SMILES string of the molecule is Cn1nc(C(O)C(=O)O)cc1-c1ccc(F)cc1. The van der Waals surface area contributed by atoms with Gasteiger partial charge in [-0.15, -0.1) is 0 Å². The van der Waals surface area contributed by atoms with E-state index in [1.54, 1.807) is 19.2 Å². The summed E-state index contributed by atoms with van der Waals surface area (Å²) in [5.41, 5.74) is 1.34. The van der Waals surface area contributed by atoms with Crippen LogP contribution < -0.4 is 0 Å². The molecule has 1 heterocycles. The van der Waals surface area contributed by atoms with Crippen LogP contribution in [0.3, 0.4) is 0 Å². The van der Waals surface area contributed by atoms with Crippen molar-refractivity contribution in [1.29, 1.82) is 0 Å². The third-order valence-corrected chi connectivity index (χ3v) is 2.55. The summed E-state index contributed by atoms with van der Waals surface area (Å²) in [6.07, 6.45) is -1.66. The molecule has 0 fully saturated rings. The summed E-state index contributed by atoms with van der Waals surface area (Å²) in [4.78, 5) is 10.7. The number of aromatic nitrogens is 2. The zero-order chi connectivity index (χ0) is 13.3. The summed E-state index contributed by atoms with van der Waals surface area (Å²) >= 11 is 0. The maximum absolute atomic E-state index is 12.8. The van der Waals surface area contributed by atoms with Gasteiger partial charge in [0.25, 0.3) is 0 Å². The van der Waals surface area contributed by atoms with Crippen molar-refractivity contribution in [1.82, 2.24) is 9.78 Å². The monoisotopic (exact) mass is 250 g/mol. The Labute approximate surface area is 102 Å². The molecule has 94 valence electrons. The van der Waals surface area contributed by atoms with E-state index in [1.165, 1.54) is 22.9 Å². The third-order valence-electron chi connectivity index (χ3n) is 2.55. The average Bonchev–Trinajstić information content (AvgIpc) is 2.71. The molecule has 2 N–H and O–H groups in total. The molecule has 0 saturated heterocycles. The minimum absolute atomic E-state index is 0.0457. The molecule has 18 heavy (non-hydrogen) atoms. The number of carbonyl (C=O) groups is 1. The minimum Gasteiger partial charge on any atom is -0.479 e. The van der Waals surface area contributed by atoms with Gasteiger partial charge in [-0.2, -0.15) is 5.10 Å². The van der Waals surface area contributed by atoms with E-state index in [1.807, 2.05) is 0 Å². The second kappa shape index (κ2) is 4.58. The van der Waals surface area contributed by atoms with E-state index in [0.717, 1.165) is 0 Å². The largest absolute Gasteiger partial charge is 0.479 e. The average molecular weight is 250 g/mol. The molecule has 6 heteroatoms. The van der Waals surface area contributed by atoms with Gasteiger partial charge >= 0.3 is 5.97 Å². The number of halogens is 1. The van der Waals surface area contributed by atoms with Gasteiger partial charge in [0.15, 0.2) is 6.10 Å². The molecule has 0 aliphatic carbocycles. The minimum atomic E-state index is -1.66. The predicted molar refractivity (Wildman–Crippen MR) is 61.2 cm³/mol. The zero-order valence-corrected chi connectivity index (χ0v) is 9.54. The van der Waals surface area contributed by atoms with E-state index in [0.29, 0.717) is 11.3 Å². The van der Waals surface area contributed by atoms with Gasteiger partial charge in [-0.25, -0.2) is 9.18 Å². The van der Waals surface area contributed by atoms with Crippen molar-refractivity contribution in [2.45, 2.75) is 6.10 Å². The van der Waals surface area contributed by atoms with E-state index in [-0.39, 0.29) is 11.5 Å². The molecule has 1 unspecified atom stereocenters. The first-order valence-electron chi connectivity index (χ1n) is 5.20. The quantitative estimate of drug-likeness (QED) is 0.862. The van der Waals surface area contributed by atoms with Crippen molar-refractivity contribution >= 4 is 5.97 Å². The van der Waals surface area contributed by atoms with Crippen molar-refractivity contribution in [3.05, 3.63) is 41.8 Å². The van der Waals surface area contributed by atoms with Gasteiger partial charge in [0, 0.05) is 7.05 Å². The molecule has 0 aliphatic heterocycles. The van der Waals surface area contributed by atoms with Crippen LogP contribution in [0.5, 0.6) is 0 Å². The van der Waals surface area contributed by atoms with Gasteiger partial charge in [0.05, 0.1) is 5.69 Å². The van der Waals surface area contributed by atoms with Crippen LogP contribution in [0.15, 0.2) is 30.3 Å². The Bertz CT molecular complexity index is 578. The van der Waals surface area contributed by atoms with Gasteiger partial charge in [-0.3, -0.25) is 4.68 Å². The number of aliphatic carboxylic acids is 1. The summed E-state index contributed by atoms with van der Waals surface area (Å²) in [6, 6.07) is 7.18. The van der Waals surface area contributed by atoms with E-state index in [4.69, 9.17) is 5.11 Å². The summed E-state index contributed by atoms with van der Waals surface area (Å²) in [5, 5.41) is 22.0. The lowest BCUT2D eigenvalue weighted by Crippen LogP contribution is -2.11. The molecule has 0 bridgehead atoms. The first-order valence-corrected chi connectivity index (χ1v) is 5.20. The number of hydrogen-bond acceptors (Lipinski definition) is 3. The van der Waals surface area contributed by atoms with Crippen LogP contribution in [0.1, 0.15) is 11.8 Å². The lowest BCUT2D eigenvalue weighted by atomic mass is 10.1. The van der Waals surface area contributed by atoms with Crippen molar-refractivity contribution in [3.63, 3.8) is 0 Å². The van der Waals surface area contributed by atoms with E-state index >= 15 is 0 Å². The lowest BCUT2D eigenvalue weighted by molar-refractivity contribution is -0.147. The topological polar surface area (TPSA) is 75.3 Å². The van der Waals surface area contributed by atoms with Gasteiger partial charge in [0.1, 0.15) is 11.5 Å². The Hall–Kier alpha value is -2.21. The maximum atomic E-state index is 12.8. The van der Waals surface area contributed by atoms with E-state index in [9.17, 15) is 14.3 Å². The number of aliphatic hydroxyl groups is 1. The van der Waals surface area contributed by atoms with Gasteiger partial charge in [-0.05, 0) is 35.9 Å². The molecular formula is C12H11FN2O3.